The minimum Gasteiger partial charge on any atom is -0.508 e. The molecule has 1 heterocycles. The summed E-state index contributed by atoms with van der Waals surface area (Å²) < 4.78 is 47.2. The van der Waals surface area contributed by atoms with Gasteiger partial charge >= 0.3 is 0 Å². The first-order valence-electron chi connectivity index (χ1n) is 34.8. The van der Waals surface area contributed by atoms with Gasteiger partial charge in [0.15, 0.2) is 0 Å². The Hall–Kier alpha value is -8.20. The minimum absolute atomic E-state index is 0.0153. The van der Waals surface area contributed by atoms with Crippen molar-refractivity contribution in [2.75, 3.05) is 114 Å². The van der Waals surface area contributed by atoms with Crippen LogP contribution in [0.15, 0.2) is 194 Å². The molecular formula is C83H106N4O13. The van der Waals surface area contributed by atoms with Crippen molar-refractivity contribution in [3.05, 3.63) is 239 Å². The number of nitrogens with one attached hydrogen (secondary N) is 1. The number of nitrogens with zero attached hydrogens (tertiary/aromatic N) is 3. The van der Waals surface area contributed by atoms with Crippen LogP contribution in [0.25, 0.3) is 0 Å². The molecule has 0 amide bonds. The number of benzene rings is 8. The van der Waals surface area contributed by atoms with Gasteiger partial charge in [-0.05, 0) is 156 Å². The summed E-state index contributed by atoms with van der Waals surface area (Å²) in [5, 5.41) is 58.8. The van der Waals surface area contributed by atoms with Crippen molar-refractivity contribution in [1.82, 2.24) is 20.0 Å². The number of aromatic hydroxyl groups is 1. The average Bonchev–Trinajstić information content (AvgIpc) is 1.42. The molecular weight excluding hydrogens is 1260 g/mol. The highest BCUT2D eigenvalue weighted by atomic mass is 16.6. The van der Waals surface area contributed by atoms with Crippen LogP contribution in [0.3, 0.4) is 0 Å². The van der Waals surface area contributed by atoms with Crippen molar-refractivity contribution in [3.8, 4) is 46.0 Å². The highest BCUT2D eigenvalue weighted by molar-refractivity contribution is 5.46. The van der Waals surface area contributed by atoms with Gasteiger partial charge in [0.25, 0.3) is 0 Å². The summed E-state index contributed by atoms with van der Waals surface area (Å²) in [6, 6.07) is 63.3. The zero-order chi connectivity index (χ0) is 71.5. The van der Waals surface area contributed by atoms with Gasteiger partial charge < -0.3 is 68.7 Å². The number of aliphatic hydroxyl groups is 4. The molecule has 536 valence electrons. The standard InChI is InChI=1S/C83H106N4O13/c1-80(2,59-12-28-67(88)29-13-59)62-18-34-74(35-19-62)95-51-68(89)48-86(49-69(90)52-96-75-36-20-64(21-37-75)82(5,6)61-16-32-73(33-17-61)94-47-44-79-56-100-79)45-46-87(58-85(10)57-84-9)50-70(91)53-97-76-38-22-65(23-39-76)83(7,8)66-26-42-78(43-27-66)99-55-71(92)54-98-77-40-24-63(25-41-77)81(3,4)60-14-30-72(93-11)31-15-60/h12-43,68-71,79,84,88-92H,44-58H2,1-11H3. The lowest BCUT2D eigenvalue weighted by molar-refractivity contribution is 0.0157. The van der Waals surface area contributed by atoms with Crippen molar-refractivity contribution in [2.45, 2.75) is 114 Å². The third-order valence-corrected chi connectivity index (χ3v) is 19.2. The van der Waals surface area contributed by atoms with E-state index >= 15 is 0 Å². The van der Waals surface area contributed by atoms with Crippen LogP contribution in [0.5, 0.6) is 46.0 Å². The summed E-state index contributed by atoms with van der Waals surface area (Å²) in [5.41, 5.74) is 7.65. The number of methoxy groups -OCH3 is 1. The zero-order valence-corrected chi connectivity index (χ0v) is 60.3. The topological polar surface area (TPSA) is 200 Å². The lowest BCUT2D eigenvalue weighted by atomic mass is 9.78. The number of aliphatic hydroxyl groups excluding tert-OH is 4. The summed E-state index contributed by atoms with van der Waals surface area (Å²) in [6.45, 7) is 21.8. The first-order chi connectivity index (χ1) is 47.9. The molecule has 8 aromatic rings. The van der Waals surface area contributed by atoms with E-state index in [0.29, 0.717) is 74.4 Å². The molecule has 6 N–H and O–H groups in total. The fourth-order valence-electron chi connectivity index (χ4n) is 12.4. The van der Waals surface area contributed by atoms with Gasteiger partial charge in [0.1, 0.15) is 103 Å². The molecule has 0 saturated carbocycles. The predicted octanol–water partition coefficient (Wildman–Crippen LogP) is 12.0. The van der Waals surface area contributed by atoms with E-state index in [4.69, 9.17) is 37.9 Å². The van der Waals surface area contributed by atoms with E-state index in [0.717, 1.165) is 63.5 Å². The van der Waals surface area contributed by atoms with Crippen LogP contribution in [0.4, 0.5) is 0 Å². The van der Waals surface area contributed by atoms with E-state index in [9.17, 15) is 25.5 Å². The predicted molar refractivity (Wildman–Crippen MR) is 394 cm³/mol. The quantitative estimate of drug-likeness (QED) is 0.0156. The van der Waals surface area contributed by atoms with Gasteiger partial charge in [-0.3, -0.25) is 14.7 Å². The molecule has 0 aliphatic carbocycles. The summed E-state index contributed by atoms with van der Waals surface area (Å²) >= 11 is 0. The first kappa shape index (κ1) is 76.0. The first-order valence-corrected chi connectivity index (χ1v) is 34.8. The Kier molecular flexibility index (Phi) is 26.9. The molecule has 17 heteroatoms. The normalized spacial score (nSPS) is 14.7. The van der Waals surface area contributed by atoms with Crippen LogP contribution in [-0.2, 0) is 26.4 Å². The number of hydrogen-bond donors (Lipinski definition) is 6. The molecule has 1 saturated heterocycles. The molecule has 0 radical (unpaired) electrons. The van der Waals surface area contributed by atoms with Crippen LogP contribution in [-0.4, -0.2) is 184 Å². The van der Waals surface area contributed by atoms with Crippen molar-refractivity contribution in [3.63, 3.8) is 0 Å². The van der Waals surface area contributed by atoms with Gasteiger partial charge in [-0.25, -0.2) is 0 Å². The van der Waals surface area contributed by atoms with Crippen molar-refractivity contribution in [1.29, 1.82) is 0 Å². The molecule has 8 aromatic carbocycles. The minimum atomic E-state index is -0.916. The molecule has 0 aromatic heterocycles. The van der Waals surface area contributed by atoms with E-state index < -0.39 is 24.4 Å². The van der Waals surface area contributed by atoms with Gasteiger partial charge in [-0.1, -0.05) is 152 Å². The van der Waals surface area contributed by atoms with E-state index in [1.165, 1.54) is 5.56 Å². The SMILES string of the molecule is CNCN(C)CN(CCN(CC(O)COc1ccc(C(C)(C)c2ccc(O)cc2)cc1)CC(O)COc1ccc(C(C)(C)c2ccc(OCCC3CO3)cc2)cc1)CC(O)COc1ccc(C(C)(C)c2ccc(OCC(O)COc3ccc(C(C)(C)c4ccc(OC)cc4)cc3)cc2)cc1. The second-order valence-electron chi connectivity index (χ2n) is 28.5. The Morgan fingerprint density at radius 2 is 0.660 bits per heavy atom. The van der Waals surface area contributed by atoms with Gasteiger partial charge in [-0.2, -0.15) is 0 Å². The molecule has 9 rings (SSSR count). The van der Waals surface area contributed by atoms with E-state index in [2.05, 4.69) is 119 Å². The maximum Gasteiger partial charge on any atom is 0.122 e. The Morgan fingerprint density at radius 1 is 0.400 bits per heavy atom. The van der Waals surface area contributed by atoms with Gasteiger partial charge in [0.05, 0.1) is 33.1 Å². The number of phenolic OH excluding ortho intramolecular Hbond substituents is 1. The zero-order valence-electron chi connectivity index (χ0n) is 60.3. The molecule has 5 atom stereocenters. The average molecular weight is 1370 g/mol. The summed E-state index contributed by atoms with van der Waals surface area (Å²) in [6.07, 6.45) is -2.30. The number of hydrogen-bond acceptors (Lipinski definition) is 17. The van der Waals surface area contributed by atoms with E-state index in [1.807, 2.05) is 152 Å². The third kappa shape index (κ3) is 21.9. The fraction of sp³-hybridized carbons (Fsp3) is 0.422. The van der Waals surface area contributed by atoms with E-state index in [1.54, 1.807) is 19.2 Å². The fourth-order valence-corrected chi connectivity index (χ4v) is 12.4. The molecule has 17 nitrogen and oxygen atoms in total. The van der Waals surface area contributed by atoms with Crippen molar-refractivity contribution < 1.29 is 63.4 Å². The number of ether oxygens (including phenoxy) is 8. The van der Waals surface area contributed by atoms with Crippen molar-refractivity contribution >= 4 is 0 Å². The molecule has 0 spiro atoms. The summed E-state index contributed by atoms with van der Waals surface area (Å²) in [5.74, 6) is 5.06. The second kappa shape index (κ2) is 35.4. The Labute approximate surface area is 592 Å². The summed E-state index contributed by atoms with van der Waals surface area (Å²) in [7, 11) is 5.56. The van der Waals surface area contributed by atoms with Crippen molar-refractivity contribution in [2.24, 2.45) is 0 Å². The van der Waals surface area contributed by atoms with Crippen LogP contribution in [0.1, 0.15) is 106 Å². The van der Waals surface area contributed by atoms with E-state index in [-0.39, 0.29) is 73.5 Å². The summed E-state index contributed by atoms with van der Waals surface area (Å²) in [4.78, 5) is 6.28. The van der Waals surface area contributed by atoms with Crippen LogP contribution in [0, 0.1) is 0 Å². The number of rotatable bonds is 41. The molecule has 0 bridgehead atoms. The van der Waals surface area contributed by atoms with Crippen LogP contribution in [0.2, 0.25) is 0 Å². The maximum atomic E-state index is 11.7. The maximum absolute atomic E-state index is 11.7. The third-order valence-electron chi connectivity index (χ3n) is 19.2. The smallest absolute Gasteiger partial charge is 0.122 e. The Bertz CT molecular complexity index is 3700. The van der Waals surface area contributed by atoms with Gasteiger partial charge in [0.2, 0.25) is 0 Å². The highest BCUT2D eigenvalue weighted by Gasteiger charge is 2.29. The molecule has 5 unspecified atom stereocenters. The molecule has 1 aliphatic rings. The Morgan fingerprint density at radius 3 is 0.950 bits per heavy atom. The van der Waals surface area contributed by atoms with Crippen LogP contribution < -0.4 is 38.5 Å². The number of epoxide rings is 1. The van der Waals surface area contributed by atoms with Gasteiger partial charge in [-0.15, -0.1) is 0 Å². The molecule has 1 aliphatic heterocycles. The number of phenols is 1. The van der Waals surface area contributed by atoms with Gasteiger partial charge in [0, 0.05) is 67.5 Å². The van der Waals surface area contributed by atoms with Crippen LogP contribution >= 0.6 is 0 Å². The Balaban J connectivity index is 0.768. The molecule has 1 fully saturated rings. The lowest BCUT2D eigenvalue weighted by Crippen LogP contribution is -2.49. The monoisotopic (exact) mass is 1370 g/mol. The molecule has 100 heavy (non-hydrogen) atoms. The lowest BCUT2D eigenvalue weighted by Gasteiger charge is -2.33. The second-order valence-corrected chi connectivity index (χ2v) is 28.5. The largest absolute Gasteiger partial charge is 0.508 e. The highest BCUT2D eigenvalue weighted by Crippen LogP contribution is 2.38.